The molecule has 4 nitrogen and oxygen atoms in total. The molecule has 0 radical (unpaired) electrons. The summed E-state index contributed by atoms with van der Waals surface area (Å²) in [5.74, 6) is 0.373. The number of carbonyl (C=O) groups excluding carboxylic acids is 1. The largest absolute Gasteiger partial charge is 0.352 e. The Bertz CT molecular complexity index is 193. The molecule has 0 saturated carbocycles. The zero-order valence-electron chi connectivity index (χ0n) is 11.1. The fraction of sp³-hybridized carbons (Fsp3) is 0.917. The molecule has 0 aromatic heterocycles. The summed E-state index contributed by atoms with van der Waals surface area (Å²) in [4.78, 5) is 13.9. The Morgan fingerprint density at radius 2 is 1.88 bits per heavy atom. The van der Waals surface area contributed by atoms with Crippen molar-refractivity contribution in [3.8, 4) is 0 Å². The Labute approximate surface area is 99.6 Å². The van der Waals surface area contributed by atoms with E-state index in [9.17, 15) is 4.79 Å². The standard InChI is InChI=1S/C12H27N3O/c1-5-15(6-2)9-11(4)14-12(16)7-10(3)8-13/h10-11H,5-9,13H2,1-4H3,(H,14,16). The van der Waals surface area contributed by atoms with Crippen LogP contribution in [0, 0.1) is 5.92 Å². The van der Waals surface area contributed by atoms with Crippen molar-refractivity contribution >= 4 is 5.91 Å². The van der Waals surface area contributed by atoms with Crippen LogP contribution >= 0.6 is 0 Å². The first-order valence-electron chi connectivity index (χ1n) is 6.25. The first kappa shape index (κ1) is 15.4. The highest BCUT2D eigenvalue weighted by Gasteiger charge is 2.12. The van der Waals surface area contributed by atoms with E-state index < -0.39 is 0 Å². The van der Waals surface area contributed by atoms with Crippen LogP contribution < -0.4 is 11.1 Å². The minimum Gasteiger partial charge on any atom is -0.352 e. The summed E-state index contributed by atoms with van der Waals surface area (Å²) >= 11 is 0. The van der Waals surface area contributed by atoms with Gasteiger partial charge in [0.15, 0.2) is 0 Å². The molecule has 0 rings (SSSR count). The van der Waals surface area contributed by atoms with Crippen LogP contribution in [0.3, 0.4) is 0 Å². The van der Waals surface area contributed by atoms with E-state index in [0.29, 0.717) is 13.0 Å². The summed E-state index contributed by atoms with van der Waals surface area (Å²) in [5.41, 5.74) is 5.49. The average Bonchev–Trinajstić information content (AvgIpc) is 2.25. The van der Waals surface area contributed by atoms with Gasteiger partial charge in [0.05, 0.1) is 0 Å². The molecule has 0 bridgehead atoms. The van der Waals surface area contributed by atoms with Crippen LogP contribution in [0.25, 0.3) is 0 Å². The van der Waals surface area contributed by atoms with Gasteiger partial charge < -0.3 is 16.0 Å². The first-order chi connectivity index (χ1) is 7.53. The van der Waals surface area contributed by atoms with Gasteiger partial charge in [0.1, 0.15) is 0 Å². The van der Waals surface area contributed by atoms with Gasteiger partial charge in [0.25, 0.3) is 0 Å². The van der Waals surface area contributed by atoms with Gasteiger partial charge in [0.2, 0.25) is 5.91 Å². The van der Waals surface area contributed by atoms with Gasteiger partial charge in [-0.25, -0.2) is 0 Å². The third-order valence-corrected chi connectivity index (χ3v) is 2.77. The van der Waals surface area contributed by atoms with Crippen molar-refractivity contribution in [3.63, 3.8) is 0 Å². The van der Waals surface area contributed by atoms with Gasteiger partial charge in [0, 0.05) is 19.0 Å². The molecule has 0 aliphatic heterocycles. The number of amides is 1. The van der Waals surface area contributed by atoms with Crippen molar-refractivity contribution in [2.45, 2.75) is 40.2 Å². The van der Waals surface area contributed by atoms with E-state index in [1.54, 1.807) is 0 Å². The Hall–Kier alpha value is -0.610. The van der Waals surface area contributed by atoms with Crippen LogP contribution in [-0.2, 0) is 4.79 Å². The number of likely N-dealkylation sites (N-methyl/N-ethyl adjacent to an activating group) is 1. The van der Waals surface area contributed by atoms with Gasteiger partial charge in [-0.2, -0.15) is 0 Å². The van der Waals surface area contributed by atoms with E-state index in [-0.39, 0.29) is 17.9 Å². The summed E-state index contributed by atoms with van der Waals surface area (Å²) in [7, 11) is 0. The van der Waals surface area contributed by atoms with Gasteiger partial charge in [-0.05, 0) is 32.5 Å². The summed E-state index contributed by atoms with van der Waals surface area (Å²) in [6.07, 6.45) is 0.527. The van der Waals surface area contributed by atoms with Crippen molar-refractivity contribution in [1.29, 1.82) is 0 Å². The van der Waals surface area contributed by atoms with Gasteiger partial charge >= 0.3 is 0 Å². The number of nitrogens with two attached hydrogens (primary N) is 1. The molecule has 0 aliphatic carbocycles. The number of nitrogens with zero attached hydrogens (tertiary/aromatic N) is 1. The lowest BCUT2D eigenvalue weighted by Gasteiger charge is -2.23. The lowest BCUT2D eigenvalue weighted by molar-refractivity contribution is -0.122. The van der Waals surface area contributed by atoms with Gasteiger partial charge in [-0.15, -0.1) is 0 Å². The number of carbonyl (C=O) groups is 1. The second-order valence-electron chi connectivity index (χ2n) is 4.50. The van der Waals surface area contributed by atoms with Crippen molar-refractivity contribution in [1.82, 2.24) is 10.2 Å². The third kappa shape index (κ3) is 6.80. The van der Waals surface area contributed by atoms with E-state index in [0.717, 1.165) is 19.6 Å². The normalized spacial score (nSPS) is 14.9. The predicted molar refractivity (Wildman–Crippen MR) is 68.2 cm³/mol. The maximum absolute atomic E-state index is 11.6. The maximum atomic E-state index is 11.6. The zero-order chi connectivity index (χ0) is 12.6. The monoisotopic (exact) mass is 229 g/mol. The maximum Gasteiger partial charge on any atom is 0.220 e. The summed E-state index contributed by atoms with van der Waals surface area (Å²) in [6, 6.07) is 0.206. The topological polar surface area (TPSA) is 58.4 Å². The van der Waals surface area contributed by atoms with Crippen LogP contribution in [0.15, 0.2) is 0 Å². The Morgan fingerprint density at radius 1 is 1.31 bits per heavy atom. The molecule has 3 N–H and O–H groups in total. The highest BCUT2D eigenvalue weighted by atomic mass is 16.1. The number of hydrogen-bond acceptors (Lipinski definition) is 3. The Kier molecular flexibility index (Phi) is 8.21. The zero-order valence-corrected chi connectivity index (χ0v) is 11.1. The molecule has 0 aliphatic rings. The Morgan fingerprint density at radius 3 is 2.31 bits per heavy atom. The van der Waals surface area contributed by atoms with Gasteiger partial charge in [-0.1, -0.05) is 20.8 Å². The van der Waals surface area contributed by atoms with E-state index in [2.05, 4.69) is 24.1 Å². The van der Waals surface area contributed by atoms with E-state index in [4.69, 9.17) is 5.73 Å². The van der Waals surface area contributed by atoms with Gasteiger partial charge in [-0.3, -0.25) is 4.79 Å². The minimum absolute atomic E-state index is 0.109. The highest BCUT2D eigenvalue weighted by molar-refractivity contribution is 5.76. The van der Waals surface area contributed by atoms with E-state index in [1.807, 2.05) is 13.8 Å². The molecule has 0 spiro atoms. The fourth-order valence-electron chi connectivity index (χ4n) is 1.65. The fourth-order valence-corrected chi connectivity index (χ4v) is 1.65. The molecule has 0 aromatic carbocycles. The van der Waals surface area contributed by atoms with Crippen molar-refractivity contribution in [2.75, 3.05) is 26.2 Å². The third-order valence-electron chi connectivity index (χ3n) is 2.77. The van der Waals surface area contributed by atoms with E-state index >= 15 is 0 Å². The van der Waals surface area contributed by atoms with Crippen LogP contribution in [0.5, 0.6) is 0 Å². The summed E-state index contributed by atoms with van der Waals surface area (Å²) < 4.78 is 0. The van der Waals surface area contributed by atoms with Crippen LogP contribution in [0.4, 0.5) is 0 Å². The molecule has 0 heterocycles. The minimum atomic E-state index is 0.109. The number of nitrogens with one attached hydrogen (secondary N) is 1. The van der Waals surface area contributed by atoms with Crippen LogP contribution in [0.2, 0.25) is 0 Å². The highest BCUT2D eigenvalue weighted by Crippen LogP contribution is 1.99. The average molecular weight is 229 g/mol. The molecule has 2 unspecified atom stereocenters. The summed E-state index contributed by atoms with van der Waals surface area (Å²) in [5, 5.41) is 3.01. The number of rotatable bonds is 8. The van der Waals surface area contributed by atoms with Crippen molar-refractivity contribution in [2.24, 2.45) is 11.7 Å². The molecule has 1 amide bonds. The molecule has 16 heavy (non-hydrogen) atoms. The van der Waals surface area contributed by atoms with Crippen molar-refractivity contribution < 1.29 is 4.79 Å². The quantitative estimate of drug-likeness (QED) is 0.648. The SMILES string of the molecule is CCN(CC)CC(C)NC(=O)CC(C)CN. The molecular formula is C12H27N3O. The number of hydrogen-bond donors (Lipinski definition) is 2. The second kappa shape index (κ2) is 8.53. The smallest absolute Gasteiger partial charge is 0.220 e. The van der Waals surface area contributed by atoms with Crippen LogP contribution in [0.1, 0.15) is 34.1 Å². The molecule has 4 heteroatoms. The lowest BCUT2D eigenvalue weighted by atomic mass is 10.1. The second-order valence-corrected chi connectivity index (χ2v) is 4.50. The van der Waals surface area contributed by atoms with E-state index in [1.165, 1.54) is 0 Å². The molecule has 96 valence electrons. The Balaban J connectivity index is 3.85. The van der Waals surface area contributed by atoms with Crippen LogP contribution in [-0.4, -0.2) is 43.0 Å². The molecular weight excluding hydrogens is 202 g/mol. The van der Waals surface area contributed by atoms with Crippen molar-refractivity contribution in [3.05, 3.63) is 0 Å². The lowest BCUT2D eigenvalue weighted by Crippen LogP contribution is -2.42. The predicted octanol–water partition coefficient (Wildman–Crippen LogP) is 0.818. The summed E-state index contributed by atoms with van der Waals surface area (Å²) in [6.45, 7) is 11.8. The molecule has 0 fully saturated rings. The molecule has 2 atom stereocenters. The first-order valence-corrected chi connectivity index (χ1v) is 6.25. The molecule has 0 saturated heterocycles. The molecule has 0 aromatic rings.